The summed E-state index contributed by atoms with van der Waals surface area (Å²) in [5, 5.41) is 4.63. The van der Waals surface area contributed by atoms with Crippen molar-refractivity contribution in [2.24, 2.45) is 0 Å². The van der Waals surface area contributed by atoms with Gasteiger partial charge in [-0.15, -0.1) is 11.3 Å². The summed E-state index contributed by atoms with van der Waals surface area (Å²) in [6.45, 7) is 5.51. The number of ether oxygens (including phenoxy) is 1. The van der Waals surface area contributed by atoms with E-state index in [0.29, 0.717) is 24.1 Å². The molecule has 2 rings (SSSR count). The van der Waals surface area contributed by atoms with Crippen LogP contribution in [0.2, 0.25) is 5.22 Å². The lowest BCUT2D eigenvalue weighted by Gasteiger charge is -2.01. The smallest absolute Gasteiger partial charge is 0.358 e. The van der Waals surface area contributed by atoms with Crippen LogP contribution in [0.5, 0.6) is 0 Å². The highest BCUT2D eigenvalue weighted by molar-refractivity contribution is 7.11. The van der Waals surface area contributed by atoms with Crippen molar-refractivity contribution in [3.05, 3.63) is 38.7 Å². The van der Waals surface area contributed by atoms with Crippen molar-refractivity contribution in [1.82, 2.24) is 10.3 Å². The van der Waals surface area contributed by atoms with E-state index in [1.165, 1.54) is 11.3 Å². The van der Waals surface area contributed by atoms with Gasteiger partial charge in [0.15, 0.2) is 10.9 Å². The van der Waals surface area contributed by atoms with Crippen LogP contribution >= 0.6 is 22.9 Å². The van der Waals surface area contributed by atoms with Gasteiger partial charge in [-0.2, -0.15) is 0 Å². The topological polar surface area (TPSA) is 64.4 Å². The van der Waals surface area contributed by atoms with Crippen LogP contribution < -0.4 is 5.32 Å². The van der Waals surface area contributed by atoms with Crippen LogP contribution in [-0.4, -0.2) is 24.1 Å². The quantitative estimate of drug-likeness (QED) is 0.586. The van der Waals surface area contributed by atoms with Gasteiger partial charge in [0.1, 0.15) is 10.8 Å². The van der Waals surface area contributed by atoms with E-state index >= 15 is 0 Å². The molecule has 0 aliphatic heterocycles. The molecule has 0 aromatic carbocycles. The molecule has 0 bridgehead atoms. The van der Waals surface area contributed by atoms with Gasteiger partial charge in [-0.25, -0.2) is 9.78 Å². The lowest BCUT2D eigenvalue weighted by atomic mass is 10.2. The van der Waals surface area contributed by atoms with Crippen LogP contribution in [0.1, 0.15) is 39.5 Å². The second kappa shape index (κ2) is 8.31. The molecule has 0 fully saturated rings. The van der Waals surface area contributed by atoms with Crippen molar-refractivity contribution in [2.75, 3.05) is 13.2 Å². The van der Waals surface area contributed by atoms with Crippen molar-refractivity contribution in [3.63, 3.8) is 0 Å². The van der Waals surface area contributed by atoms with Gasteiger partial charge in [-0.05, 0) is 50.5 Å². The van der Waals surface area contributed by atoms with E-state index < -0.39 is 0 Å². The molecule has 0 saturated carbocycles. The Balaban J connectivity index is 1.73. The van der Waals surface area contributed by atoms with E-state index in [1.807, 2.05) is 13.0 Å². The normalized spacial score (nSPS) is 10.9. The minimum absolute atomic E-state index is 0.350. The molecule has 0 aliphatic carbocycles. The molecule has 0 amide bonds. The number of hydrogen-bond donors (Lipinski definition) is 1. The Morgan fingerprint density at radius 3 is 3.00 bits per heavy atom. The molecule has 1 N–H and O–H groups in total. The predicted octanol–water partition coefficient (Wildman–Crippen LogP) is 3.60. The maximum absolute atomic E-state index is 11.7. The van der Waals surface area contributed by atoms with Gasteiger partial charge in [0.05, 0.1) is 6.61 Å². The number of aryl methyl sites for hydroxylation is 2. The van der Waals surface area contributed by atoms with Crippen LogP contribution in [-0.2, 0) is 17.7 Å². The number of esters is 1. The van der Waals surface area contributed by atoms with Crippen molar-refractivity contribution in [3.8, 4) is 0 Å². The van der Waals surface area contributed by atoms with Crippen LogP contribution in [0, 0.1) is 6.92 Å². The third-order valence-corrected chi connectivity index (χ3v) is 4.17. The molecule has 0 unspecified atom stereocenters. The Morgan fingerprint density at radius 2 is 2.32 bits per heavy atom. The summed E-state index contributed by atoms with van der Waals surface area (Å²) in [6, 6.07) is 3.64. The number of halogens is 1. The molecule has 2 aromatic rings. The van der Waals surface area contributed by atoms with Crippen molar-refractivity contribution < 1.29 is 13.9 Å². The average molecular weight is 343 g/mol. The maximum atomic E-state index is 11.7. The third-order valence-electron chi connectivity index (χ3n) is 2.99. The first-order valence-corrected chi connectivity index (χ1v) is 8.38. The molecule has 0 saturated heterocycles. The molecule has 0 aliphatic rings. The molecule has 0 spiro atoms. The summed E-state index contributed by atoms with van der Waals surface area (Å²) < 4.78 is 10.3. The zero-order valence-electron chi connectivity index (χ0n) is 12.6. The first-order chi connectivity index (χ1) is 10.6. The van der Waals surface area contributed by atoms with Gasteiger partial charge >= 0.3 is 5.97 Å². The number of nitrogens with one attached hydrogen (secondary N) is 1. The number of nitrogens with zero attached hydrogens (tertiary/aromatic N) is 1. The molecule has 2 heterocycles. The third kappa shape index (κ3) is 4.83. The van der Waals surface area contributed by atoms with Gasteiger partial charge in [0, 0.05) is 17.8 Å². The number of rotatable bonds is 8. The van der Waals surface area contributed by atoms with E-state index in [9.17, 15) is 4.79 Å². The van der Waals surface area contributed by atoms with Gasteiger partial charge in [-0.3, -0.25) is 0 Å². The molecular formula is C15H19ClN2O3S. The lowest BCUT2D eigenvalue weighted by molar-refractivity contribution is 0.0519. The average Bonchev–Trinajstić information content (AvgIpc) is 3.05. The second-order valence-electron chi connectivity index (χ2n) is 4.72. The Hall–Kier alpha value is -1.37. The minimum Gasteiger partial charge on any atom is -0.461 e. The maximum Gasteiger partial charge on any atom is 0.358 e. The molecule has 120 valence electrons. The monoisotopic (exact) mass is 342 g/mol. The van der Waals surface area contributed by atoms with Crippen LogP contribution in [0.4, 0.5) is 0 Å². The fraction of sp³-hybridized carbons (Fsp3) is 0.467. The van der Waals surface area contributed by atoms with Gasteiger partial charge < -0.3 is 14.5 Å². The number of carbonyl (C=O) groups excluding carboxylic acids is 1. The Kier molecular flexibility index (Phi) is 6.42. The Labute approximate surface area is 138 Å². The van der Waals surface area contributed by atoms with Gasteiger partial charge in [0.25, 0.3) is 0 Å². The summed E-state index contributed by atoms with van der Waals surface area (Å²) in [6.07, 6.45) is 1.78. The minimum atomic E-state index is -0.350. The molecule has 0 atom stereocenters. The number of furan rings is 1. The van der Waals surface area contributed by atoms with Crippen LogP contribution in [0.25, 0.3) is 0 Å². The predicted molar refractivity (Wildman–Crippen MR) is 86.6 cm³/mol. The summed E-state index contributed by atoms with van der Waals surface area (Å²) in [5.74, 6) is 0.540. The van der Waals surface area contributed by atoms with Crippen molar-refractivity contribution >= 4 is 28.9 Å². The first-order valence-electron chi connectivity index (χ1n) is 7.18. The van der Waals surface area contributed by atoms with Crippen molar-refractivity contribution in [2.45, 2.75) is 33.2 Å². The highest BCUT2D eigenvalue weighted by Crippen LogP contribution is 2.18. The summed E-state index contributed by atoms with van der Waals surface area (Å²) in [4.78, 5) is 16.9. The molecule has 0 radical (unpaired) electrons. The Bertz CT molecular complexity index is 624. The highest BCUT2D eigenvalue weighted by Gasteiger charge is 2.15. The number of thiazole rings is 1. The largest absolute Gasteiger partial charge is 0.461 e. The molecule has 22 heavy (non-hydrogen) atoms. The fourth-order valence-electron chi connectivity index (χ4n) is 1.98. The number of aromatic nitrogens is 1. The molecular weight excluding hydrogens is 324 g/mol. The summed E-state index contributed by atoms with van der Waals surface area (Å²) in [5.41, 5.74) is 0.425. The van der Waals surface area contributed by atoms with E-state index in [-0.39, 0.29) is 5.97 Å². The number of hydrogen-bond acceptors (Lipinski definition) is 6. The molecule has 7 heteroatoms. The van der Waals surface area contributed by atoms with E-state index in [4.69, 9.17) is 20.8 Å². The summed E-state index contributed by atoms with van der Waals surface area (Å²) >= 11 is 7.23. The fourth-order valence-corrected chi connectivity index (χ4v) is 3.04. The summed E-state index contributed by atoms with van der Waals surface area (Å²) in [7, 11) is 0. The van der Waals surface area contributed by atoms with Gasteiger partial charge in [0.2, 0.25) is 0 Å². The number of carbonyl (C=O) groups is 1. The molecule has 2 aromatic heterocycles. The molecule has 5 nitrogen and oxygen atoms in total. The van der Waals surface area contributed by atoms with Crippen molar-refractivity contribution in [1.29, 1.82) is 0 Å². The zero-order valence-corrected chi connectivity index (χ0v) is 14.2. The van der Waals surface area contributed by atoms with Gasteiger partial charge in [-0.1, -0.05) is 0 Å². The van der Waals surface area contributed by atoms with E-state index in [0.717, 1.165) is 35.0 Å². The van der Waals surface area contributed by atoms with Crippen LogP contribution in [0.15, 0.2) is 16.5 Å². The zero-order chi connectivity index (χ0) is 15.9. The second-order valence-corrected chi connectivity index (χ2v) is 6.38. The lowest BCUT2D eigenvalue weighted by Crippen LogP contribution is -2.15. The van der Waals surface area contributed by atoms with E-state index in [1.54, 1.807) is 13.0 Å². The SMILES string of the molecule is CCOC(=O)c1nc(CNCCCc2ccc(Cl)o2)sc1C. The first kappa shape index (κ1) is 17.0. The highest BCUT2D eigenvalue weighted by atomic mass is 35.5. The van der Waals surface area contributed by atoms with Crippen LogP contribution in [0.3, 0.4) is 0 Å². The van der Waals surface area contributed by atoms with E-state index in [2.05, 4.69) is 10.3 Å². The Morgan fingerprint density at radius 1 is 1.50 bits per heavy atom. The standard InChI is InChI=1S/C15H19ClN2O3S/c1-3-20-15(19)14-10(2)22-13(18-14)9-17-8-4-5-11-6-7-12(16)21-11/h6-7,17H,3-5,8-9H2,1-2H3.